The van der Waals surface area contributed by atoms with Crippen LogP contribution in [0.5, 0.6) is 0 Å². The van der Waals surface area contributed by atoms with Gasteiger partial charge >= 0.3 is 0 Å². The van der Waals surface area contributed by atoms with Gasteiger partial charge in [-0.3, -0.25) is 38.4 Å². The summed E-state index contributed by atoms with van der Waals surface area (Å²) in [4.78, 5) is 101. The van der Waals surface area contributed by atoms with Crippen LogP contribution in [0, 0.1) is 11.8 Å². The number of ether oxygens (including phenoxy) is 2. The van der Waals surface area contributed by atoms with Crippen molar-refractivity contribution in [3.8, 4) is 0 Å². The van der Waals surface area contributed by atoms with Crippen LogP contribution in [0.25, 0.3) is 0 Å². The van der Waals surface area contributed by atoms with Crippen LogP contribution in [0.3, 0.4) is 0 Å². The molecule has 16 nitrogen and oxygen atoms in total. The second-order valence-corrected chi connectivity index (χ2v) is 17.1. The molecule has 16 heteroatoms. The Labute approximate surface area is 362 Å². The average molecular weight is 859 g/mol. The van der Waals surface area contributed by atoms with Crippen LogP contribution < -0.4 is 31.9 Å². The van der Waals surface area contributed by atoms with Crippen molar-refractivity contribution in [1.82, 2.24) is 31.9 Å². The molecule has 0 spiro atoms. The van der Waals surface area contributed by atoms with Gasteiger partial charge in [0.25, 0.3) is 11.8 Å². The van der Waals surface area contributed by atoms with E-state index in [1.54, 1.807) is 12.1 Å². The molecule has 344 valence electrons. The highest BCUT2D eigenvalue weighted by molar-refractivity contribution is 6.00. The summed E-state index contributed by atoms with van der Waals surface area (Å²) in [5.74, 6) is -1.93. The van der Waals surface area contributed by atoms with Gasteiger partial charge in [-0.2, -0.15) is 0 Å². The van der Waals surface area contributed by atoms with Gasteiger partial charge < -0.3 is 41.4 Å². The Balaban J connectivity index is 2.59. The largest absolute Gasteiger partial charge is 0.379 e. The van der Waals surface area contributed by atoms with E-state index in [9.17, 15) is 38.4 Å². The first kappa shape index (κ1) is 54.3. The van der Waals surface area contributed by atoms with Crippen molar-refractivity contribution in [3.63, 3.8) is 0 Å². The fraction of sp³-hybridized carbons (Fsp3) is 0.689. The quantitative estimate of drug-likeness (QED) is 0.0591. The number of carbonyl (C=O) groups excluding carboxylic acids is 8. The van der Waals surface area contributed by atoms with Gasteiger partial charge in [-0.1, -0.05) is 41.5 Å². The Hall–Kier alpha value is -4.70. The SMILES string of the molecule is CC(C)CC(=O)C(CCC(=O)NC(C)C)NC(=O)CCOCCNC(=O)c1cc(C(=O)NCCOCCC(=O)NC(CCC(=O)NC(C)C)C(=O)CC(C)C)cc(C(C)C)c1. The maximum absolute atomic E-state index is 13.1. The molecule has 2 unspecified atom stereocenters. The third kappa shape index (κ3) is 25.0. The van der Waals surface area contributed by atoms with Gasteiger partial charge in [0.1, 0.15) is 0 Å². The van der Waals surface area contributed by atoms with E-state index in [-0.39, 0.29) is 156 Å². The fourth-order valence-corrected chi connectivity index (χ4v) is 6.05. The molecule has 0 bridgehead atoms. The molecule has 2 atom stereocenters. The smallest absolute Gasteiger partial charge is 0.251 e. The van der Waals surface area contributed by atoms with Crippen molar-refractivity contribution in [2.24, 2.45) is 11.8 Å². The monoisotopic (exact) mass is 859 g/mol. The highest BCUT2D eigenvalue weighted by atomic mass is 16.5. The molecular formula is C45H74N6O10. The molecule has 0 saturated heterocycles. The van der Waals surface area contributed by atoms with Crippen LogP contribution in [0.1, 0.15) is 153 Å². The molecule has 6 N–H and O–H groups in total. The topological polar surface area (TPSA) is 227 Å². The van der Waals surface area contributed by atoms with Crippen molar-refractivity contribution in [2.45, 2.75) is 151 Å². The summed E-state index contributed by atoms with van der Waals surface area (Å²) in [6.07, 6.45) is 1.20. The van der Waals surface area contributed by atoms with Gasteiger partial charge in [0.05, 0.1) is 38.5 Å². The molecule has 0 fully saturated rings. The molecule has 0 heterocycles. The summed E-state index contributed by atoms with van der Waals surface area (Å²) in [5, 5.41) is 16.6. The van der Waals surface area contributed by atoms with Crippen LogP contribution in [-0.2, 0) is 38.2 Å². The van der Waals surface area contributed by atoms with Crippen LogP contribution >= 0.6 is 0 Å². The second-order valence-electron chi connectivity index (χ2n) is 17.1. The van der Waals surface area contributed by atoms with Gasteiger partial charge in [0.15, 0.2) is 11.6 Å². The average Bonchev–Trinajstić information content (AvgIpc) is 3.15. The summed E-state index contributed by atoms with van der Waals surface area (Å²) in [7, 11) is 0. The number of rotatable bonds is 31. The van der Waals surface area contributed by atoms with Gasteiger partial charge in [-0.15, -0.1) is 0 Å². The zero-order valence-corrected chi connectivity index (χ0v) is 38.3. The lowest BCUT2D eigenvalue weighted by Crippen LogP contribution is -2.42. The van der Waals surface area contributed by atoms with E-state index in [2.05, 4.69) is 31.9 Å². The van der Waals surface area contributed by atoms with E-state index in [1.807, 2.05) is 69.2 Å². The lowest BCUT2D eigenvalue weighted by molar-refractivity contribution is -0.129. The molecule has 0 saturated carbocycles. The first-order valence-electron chi connectivity index (χ1n) is 21.8. The first-order valence-corrected chi connectivity index (χ1v) is 21.8. The van der Waals surface area contributed by atoms with Crippen molar-refractivity contribution < 1.29 is 47.8 Å². The molecule has 1 aromatic carbocycles. The summed E-state index contributed by atoms with van der Waals surface area (Å²) >= 11 is 0. The van der Waals surface area contributed by atoms with Gasteiger partial charge in [0.2, 0.25) is 23.6 Å². The number of carbonyl (C=O) groups is 8. The minimum Gasteiger partial charge on any atom is -0.379 e. The number of hydrogen-bond acceptors (Lipinski definition) is 10. The molecule has 61 heavy (non-hydrogen) atoms. The molecular weight excluding hydrogens is 785 g/mol. The summed E-state index contributed by atoms with van der Waals surface area (Å²) in [6, 6.07) is 3.36. The standard InChI is InChI=1S/C45H74N6O10/c1-28(2)23-38(52)36(11-13-40(54)48-31(7)8)50-42(56)15-19-60-21-17-46-44(58)34-25-33(30(5)6)26-35(27-34)45(59)47-18-22-61-20-16-43(57)51-37(39(53)24-29(3)4)12-14-41(55)49-32(9)10/h25-32,36-37H,11-24H2,1-10H3,(H,46,58)(H,47,59)(H,48,54)(H,49,55)(H,50,56)(H,51,57). The molecule has 0 radical (unpaired) electrons. The van der Waals surface area contributed by atoms with Crippen LogP contribution in [0.2, 0.25) is 0 Å². The molecule has 0 aliphatic rings. The minimum atomic E-state index is -0.769. The maximum Gasteiger partial charge on any atom is 0.251 e. The Bertz CT molecular complexity index is 1480. The maximum atomic E-state index is 13.1. The lowest BCUT2D eigenvalue weighted by Gasteiger charge is -2.19. The van der Waals surface area contributed by atoms with Crippen molar-refractivity contribution >= 4 is 47.0 Å². The van der Waals surface area contributed by atoms with Crippen molar-refractivity contribution in [3.05, 3.63) is 34.9 Å². The predicted octanol–water partition coefficient (Wildman–Crippen LogP) is 3.89. The summed E-state index contributed by atoms with van der Waals surface area (Å²) in [6.45, 7) is 19.6. The molecule has 6 amide bonds. The third-order valence-corrected chi connectivity index (χ3v) is 9.04. The summed E-state index contributed by atoms with van der Waals surface area (Å²) < 4.78 is 11.1. The number of amides is 6. The Kier molecular flexibility index (Phi) is 26.3. The molecule has 1 aromatic rings. The minimum absolute atomic E-state index is 0.00485. The second kappa shape index (κ2) is 29.5. The van der Waals surface area contributed by atoms with E-state index < -0.39 is 23.9 Å². The van der Waals surface area contributed by atoms with Gasteiger partial charge in [-0.05, 0) is 82.1 Å². The van der Waals surface area contributed by atoms with Gasteiger partial charge in [-0.25, -0.2) is 0 Å². The summed E-state index contributed by atoms with van der Waals surface area (Å²) in [5.41, 5.74) is 1.38. The Morgan fingerprint density at radius 2 is 0.836 bits per heavy atom. The number of nitrogens with one attached hydrogen (secondary N) is 6. The number of ketones is 2. The normalized spacial score (nSPS) is 12.3. The van der Waals surface area contributed by atoms with E-state index in [0.717, 1.165) is 5.56 Å². The zero-order chi connectivity index (χ0) is 46.1. The fourth-order valence-electron chi connectivity index (χ4n) is 6.05. The molecule has 0 aliphatic heterocycles. The molecule has 0 aromatic heterocycles. The lowest BCUT2D eigenvalue weighted by atomic mass is 9.97. The third-order valence-electron chi connectivity index (χ3n) is 9.04. The van der Waals surface area contributed by atoms with E-state index in [0.29, 0.717) is 11.1 Å². The van der Waals surface area contributed by atoms with Crippen LogP contribution in [-0.4, -0.2) is 111 Å². The van der Waals surface area contributed by atoms with Crippen molar-refractivity contribution in [2.75, 3.05) is 39.5 Å². The molecule has 0 aliphatic carbocycles. The van der Waals surface area contributed by atoms with E-state index >= 15 is 0 Å². The first-order chi connectivity index (χ1) is 28.7. The van der Waals surface area contributed by atoms with Gasteiger partial charge in [0, 0.05) is 74.8 Å². The van der Waals surface area contributed by atoms with Crippen molar-refractivity contribution in [1.29, 1.82) is 0 Å². The molecule has 1 rings (SSSR count). The Morgan fingerprint density at radius 1 is 0.475 bits per heavy atom. The zero-order valence-electron chi connectivity index (χ0n) is 38.3. The number of hydrogen-bond donors (Lipinski definition) is 6. The highest BCUT2D eigenvalue weighted by Gasteiger charge is 2.24. The van der Waals surface area contributed by atoms with E-state index in [4.69, 9.17) is 9.47 Å². The Morgan fingerprint density at radius 3 is 1.16 bits per heavy atom. The highest BCUT2D eigenvalue weighted by Crippen LogP contribution is 2.19. The number of benzene rings is 1. The van der Waals surface area contributed by atoms with Crippen LogP contribution in [0.15, 0.2) is 18.2 Å². The predicted molar refractivity (Wildman–Crippen MR) is 234 cm³/mol. The van der Waals surface area contributed by atoms with Crippen LogP contribution in [0.4, 0.5) is 0 Å². The van der Waals surface area contributed by atoms with E-state index in [1.165, 1.54) is 6.07 Å². The number of Topliss-reactive ketones (excluding diaryl/α,β-unsaturated/α-hetero) is 2.